The predicted molar refractivity (Wildman–Crippen MR) is 244 cm³/mol. The minimum absolute atomic E-state index is 0.0509. The fourth-order valence-corrected chi connectivity index (χ4v) is 10.1. The molecule has 6 aromatic carbocycles. The van der Waals surface area contributed by atoms with Crippen molar-refractivity contribution in [2.45, 2.75) is 38.5 Å². The van der Waals surface area contributed by atoms with E-state index in [1.54, 1.807) is 0 Å². The van der Waals surface area contributed by atoms with E-state index < -0.39 is 0 Å². The molecule has 12 rings (SSSR count). The Hall–Kier alpha value is -6.50. The summed E-state index contributed by atoms with van der Waals surface area (Å²) in [5.74, 6) is 0. The number of rotatable bonds is 3. The molecule has 0 radical (unpaired) electrons. The van der Waals surface area contributed by atoms with Gasteiger partial charge in [-0.1, -0.05) is 116 Å². The second kappa shape index (κ2) is 12.8. The van der Waals surface area contributed by atoms with Crippen LogP contribution in [-0.2, 0) is 10.8 Å². The van der Waals surface area contributed by atoms with Gasteiger partial charge >= 0.3 is 0 Å². The van der Waals surface area contributed by atoms with Crippen LogP contribution in [0.15, 0.2) is 175 Å². The zero-order chi connectivity index (χ0) is 39.3. The summed E-state index contributed by atoms with van der Waals surface area (Å²) in [6.07, 6.45) is 7.84. The molecular weight excluding hydrogens is 775 g/mol. The molecule has 2 aliphatic heterocycles. The third-order valence-corrected chi connectivity index (χ3v) is 13.1. The van der Waals surface area contributed by atoms with E-state index in [4.69, 9.17) is 0 Å². The zero-order valence-corrected chi connectivity index (χ0v) is 34.4. The van der Waals surface area contributed by atoms with Crippen LogP contribution >= 0.6 is 15.9 Å². The number of aromatic nitrogens is 4. The number of anilines is 3. The Morgan fingerprint density at radius 3 is 1.45 bits per heavy atom. The van der Waals surface area contributed by atoms with Crippen LogP contribution in [-0.4, -0.2) is 19.1 Å². The minimum Gasteiger partial charge on any atom is -0.310 e. The van der Waals surface area contributed by atoms with Crippen LogP contribution in [0.25, 0.3) is 55.0 Å². The van der Waals surface area contributed by atoms with Crippen molar-refractivity contribution >= 4 is 76.6 Å². The van der Waals surface area contributed by atoms with Gasteiger partial charge in [0, 0.05) is 89.8 Å². The van der Waals surface area contributed by atoms with Gasteiger partial charge in [-0.2, -0.15) is 0 Å². The molecule has 0 N–H and O–H groups in total. The Balaban J connectivity index is 0.000000145. The standard InChI is InChI=1S/C32H25N3.C20H15BrN2/c1-32(2)27-15-9-14-25-26-20-24(34(22-10-5-3-6-11-22)23-12-7-4-8-13-23)16-17-29(26)35(31(25)27)30-18-19-33-21-28(30)32;1-20(2)15-5-3-4-13-14-10-12(21)6-7-17(14)23(19(13)15)18-8-9-22-11-16(18)20/h3-21H,1-2H3;3-11H,1-2H3. The van der Waals surface area contributed by atoms with E-state index in [-0.39, 0.29) is 10.8 Å². The highest BCUT2D eigenvalue weighted by atomic mass is 79.9. The van der Waals surface area contributed by atoms with Gasteiger partial charge in [-0.05, 0) is 83.9 Å². The van der Waals surface area contributed by atoms with E-state index in [0.29, 0.717) is 0 Å². The van der Waals surface area contributed by atoms with Crippen LogP contribution in [0.4, 0.5) is 17.1 Å². The molecule has 0 spiro atoms. The summed E-state index contributed by atoms with van der Waals surface area (Å²) in [5.41, 5.74) is 16.1. The summed E-state index contributed by atoms with van der Waals surface area (Å²) in [5, 5.41) is 5.15. The van der Waals surface area contributed by atoms with Crippen LogP contribution in [0.5, 0.6) is 0 Å². The van der Waals surface area contributed by atoms with Crippen molar-refractivity contribution in [2.75, 3.05) is 4.90 Å². The molecule has 6 heteroatoms. The van der Waals surface area contributed by atoms with E-state index in [1.807, 2.05) is 24.8 Å². The molecule has 10 aromatic rings. The summed E-state index contributed by atoms with van der Waals surface area (Å²) >= 11 is 3.62. The third-order valence-electron chi connectivity index (χ3n) is 12.6. The second-order valence-corrected chi connectivity index (χ2v) is 17.4. The summed E-state index contributed by atoms with van der Waals surface area (Å²) < 4.78 is 5.94. The van der Waals surface area contributed by atoms with Gasteiger partial charge in [0.25, 0.3) is 0 Å². The molecular formula is C52H40BrN5. The molecule has 2 aliphatic rings. The number of fused-ring (bicyclic) bond motifs is 10. The normalized spacial score (nSPS) is 14.2. The quantitative estimate of drug-likeness (QED) is 0.178. The summed E-state index contributed by atoms with van der Waals surface area (Å²) in [7, 11) is 0. The summed E-state index contributed by atoms with van der Waals surface area (Å²) in [6.45, 7) is 9.20. The predicted octanol–water partition coefficient (Wildman–Crippen LogP) is 13.9. The largest absolute Gasteiger partial charge is 0.310 e. The molecule has 0 saturated heterocycles. The zero-order valence-electron chi connectivity index (χ0n) is 32.8. The van der Waals surface area contributed by atoms with E-state index in [0.717, 1.165) is 21.5 Å². The molecule has 5 nitrogen and oxygen atoms in total. The van der Waals surface area contributed by atoms with Gasteiger partial charge in [0.2, 0.25) is 0 Å². The molecule has 0 bridgehead atoms. The number of nitrogens with zero attached hydrogens (tertiary/aromatic N) is 5. The first-order valence-corrected chi connectivity index (χ1v) is 20.6. The van der Waals surface area contributed by atoms with Gasteiger partial charge in [0.15, 0.2) is 0 Å². The SMILES string of the molecule is CC1(C)c2cnccc2-n2c3ccc(Br)cc3c3cccc1c32.CC1(C)c2cnccc2-n2c3ccc(N(c4ccccc4)c4ccccc4)cc3c3cccc1c32. The van der Waals surface area contributed by atoms with E-state index in [2.05, 4.69) is 213 Å². The molecule has 0 saturated carbocycles. The van der Waals surface area contributed by atoms with Crippen molar-refractivity contribution < 1.29 is 0 Å². The average molecular weight is 815 g/mol. The van der Waals surface area contributed by atoms with Crippen LogP contribution in [0.1, 0.15) is 49.9 Å². The lowest BCUT2D eigenvalue weighted by atomic mass is 9.75. The first kappa shape index (κ1) is 34.7. The summed E-state index contributed by atoms with van der Waals surface area (Å²) in [4.78, 5) is 11.2. The highest BCUT2D eigenvalue weighted by molar-refractivity contribution is 9.10. The van der Waals surface area contributed by atoms with Crippen molar-refractivity contribution in [3.63, 3.8) is 0 Å². The number of para-hydroxylation sites is 4. The lowest BCUT2D eigenvalue weighted by molar-refractivity contribution is 0.626. The highest BCUT2D eigenvalue weighted by Gasteiger charge is 2.36. The van der Waals surface area contributed by atoms with Gasteiger partial charge in [0.1, 0.15) is 0 Å². The van der Waals surface area contributed by atoms with Crippen molar-refractivity contribution in [1.29, 1.82) is 0 Å². The van der Waals surface area contributed by atoms with Gasteiger partial charge in [-0.3, -0.25) is 9.97 Å². The Morgan fingerprint density at radius 2 is 0.931 bits per heavy atom. The minimum atomic E-state index is -0.115. The van der Waals surface area contributed by atoms with E-state index in [9.17, 15) is 0 Å². The molecule has 0 atom stereocenters. The highest BCUT2D eigenvalue weighted by Crippen LogP contribution is 2.49. The Morgan fingerprint density at radius 1 is 0.448 bits per heavy atom. The van der Waals surface area contributed by atoms with Crippen LogP contribution in [0.3, 0.4) is 0 Å². The Kier molecular flexibility index (Phi) is 7.64. The van der Waals surface area contributed by atoms with E-state index in [1.165, 1.54) is 77.2 Å². The lowest BCUT2D eigenvalue weighted by Gasteiger charge is -2.34. The van der Waals surface area contributed by atoms with E-state index >= 15 is 0 Å². The second-order valence-electron chi connectivity index (χ2n) is 16.5. The average Bonchev–Trinajstić information content (AvgIpc) is 3.76. The Labute approximate surface area is 346 Å². The number of hydrogen-bond acceptors (Lipinski definition) is 3. The molecule has 0 amide bonds. The van der Waals surface area contributed by atoms with Crippen LogP contribution < -0.4 is 4.90 Å². The molecule has 280 valence electrons. The molecule has 0 aliphatic carbocycles. The molecule has 4 aromatic heterocycles. The van der Waals surface area contributed by atoms with Gasteiger partial charge in [0.05, 0.1) is 33.4 Å². The molecule has 0 fully saturated rings. The monoisotopic (exact) mass is 813 g/mol. The van der Waals surface area contributed by atoms with Gasteiger partial charge in [-0.25, -0.2) is 0 Å². The number of pyridine rings is 2. The smallest absolute Gasteiger partial charge is 0.0582 e. The molecule has 58 heavy (non-hydrogen) atoms. The van der Waals surface area contributed by atoms with Crippen molar-refractivity contribution in [3.05, 3.63) is 197 Å². The van der Waals surface area contributed by atoms with Gasteiger partial charge < -0.3 is 14.0 Å². The molecule has 6 heterocycles. The van der Waals surface area contributed by atoms with Crippen molar-refractivity contribution in [2.24, 2.45) is 0 Å². The first-order valence-electron chi connectivity index (χ1n) is 19.8. The number of benzene rings is 6. The fraction of sp³-hybridized carbons (Fsp3) is 0.115. The van der Waals surface area contributed by atoms with Crippen molar-refractivity contribution in [3.8, 4) is 11.4 Å². The summed E-state index contributed by atoms with van der Waals surface area (Å²) in [6, 6.07) is 52.2. The maximum Gasteiger partial charge on any atom is 0.0582 e. The third kappa shape index (κ3) is 4.94. The maximum absolute atomic E-state index is 4.48. The van der Waals surface area contributed by atoms with Crippen LogP contribution in [0.2, 0.25) is 0 Å². The topological polar surface area (TPSA) is 38.9 Å². The maximum atomic E-state index is 4.48. The first-order chi connectivity index (χ1) is 28.2. The lowest BCUT2D eigenvalue weighted by Crippen LogP contribution is -2.26. The Bertz CT molecular complexity index is 3210. The van der Waals surface area contributed by atoms with Gasteiger partial charge in [-0.15, -0.1) is 0 Å². The van der Waals surface area contributed by atoms with Crippen LogP contribution in [0, 0.1) is 0 Å². The molecule has 0 unspecified atom stereocenters. The fourth-order valence-electron chi connectivity index (χ4n) is 9.77. The number of halogens is 1. The van der Waals surface area contributed by atoms with Crippen molar-refractivity contribution in [1.82, 2.24) is 19.1 Å². The number of hydrogen-bond donors (Lipinski definition) is 0.